The fourth-order valence-electron chi connectivity index (χ4n) is 1.94. The molecule has 1 saturated heterocycles. The maximum atomic E-state index is 13.1. The van der Waals surface area contributed by atoms with Crippen molar-refractivity contribution in [1.29, 1.82) is 0 Å². The summed E-state index contributed by atoms with van der Waals surface area (Å²) in [6.07, 6.45) is 0. The van der Waals surface area contributed by atoms with E-state index in [1.54, 1.807) is 12.1 Å². The molecule has 1 aliphatic rings. The number of hydrogen-bond acceptors (Lipinski definition) is 3. The second-order valence-corrected chi connectivity index (χ2v) is 4.98. The van der Waals surface area contributed by atoms with Crippen molar-refractivity contribution in [3.63, 3.8) is 0 Å². The van der Waals surface area contributed by atoms with Crippen LogP contribution in [0.3, 0.4) is 0 Å². The van der Waals surface area contributed by atoms with Crippen LogP contribution in [0.1, 0.15) is 5.56 Å². The van der Waals surface area contributed by atoms with Gasteiger partial charge in [0.15, 0.2) is 0 Å². The molecular weight excluding hydrogens is 289 g/mol. The van der Waals surface area contributed by atoms with Crippen molar-refractivity contribution in [2.45, 2.75) is 12.6 Å². The van der Waals surface area contributed by atoms with Gasteiger partial charge >= 0.3 is 0 Å². The zero-order chi connectivity index (χ0) is 12.3. The van der Waals surface area contributed by atoms with Gasteiger partial charge in [-0.2, -0.15) is 0 Å². The Morgan fingerprint density at radius 1 is 1.53 bits per heavy atom. The summed E-state index contributed by atoms with van der Waals surface area (Å²) in [6, 6.07) is 5.03. The van der Waals surface area contributed by atoms with E-state index in [-0.39, 0.29) is 18.5 Å². The number of ether oxygens (including phenoxy) is 1. The number of benzene rings is 1. The summed E-state index contributed by atoms with van der Waals surface area (Å²) in [5.41, 5.74) is 1.03. The molecule has 2 rings (SSSR count). The van der Waals surface area contributed by atoms with E-state index in [0.717, 1.165) is 12.1 Å². The monoisotopic (exact) mass is 303 g/mol. The van der Waals surface area contributed by atoms with Gasteiger partial charge in [-0.1, -0.05) is 6.07 Å². The van der Waals surface area contributed by atoms with E-state index in [9.17, 15) is 9.50 Å². The number of hydrogen-bond donors (Lipinski definition) is 1. The third kappa shape index (κ3) is 3.25. The minimum atomic E-state index is -0.255. The van der Waals surface area contributed by atoms with Gasteiger partial charge in [0.1, 0.15) is 5.82 Å². The summed E-state index contributed by atoms with van der Waals surface area (Å²) in [6.45, 7) is 2.81. The molecule has 0 aliphatic carbocycles. The predicted octanol–water partition coefficient (Wildman–Crippen LogP) is 1.78. The minimum absolute atomic E-state index is 0.0348. The van der Waals surface area contributed by atoms with Crippen molar-refractivity contribution in [3.8, 4) is 0 Å². The molecule has 1 fully saturated rings. The Morgan fingerprint density at radius 3 is 3.06 bits per heavy atom. The van der Waals surface area contributed by atoms with Crippen molar-refractivity contribution in [2.75, 3.05) is 26.4 Å². The number of halogens is 2. The summed E-state index contributed by atoms with van der Waals surface area (Å²) in [4.78, 5) is 2.16. The predicted molar refractivity (Wildman–Crippen MR) is 66.2 cm³/mol. The van der Waals surface area contributed by atoms with Crippen LogP contribution in [0.5, 0.6) is 0 Å². The Bertz CT molecular complexity index is 389. The Balaban J connectivity index is 2.05. The molecule has 1 atom stereocenters. The molecule has 1 N–H and O–H groups in total. The third-order valence-electron chi connectivity index (χ3n) is 2.93. The van der Waals surface area contributed by atoms with Gasteiger partial charge in [0.25, 0.3) is 0 Å². The van der Waals surface area contributed by atoms with Gasteiger partial charge in [-0.05, 0) is 33.6 Å². The van der Waals surface area contributed by atoms with Crippen LogP contribution in [-0.2, 0) is 11.3 Å². The minimum Gasteiger partial charge on any atom is -0.395 e. The van der Waals surface area contributed by atoms with E-state index in [0.29, 0.717) is 24.2 Å². The van der Waals surface area contributed by atoms with Crippen molar-refractivity contribution in [3.05, 3.63) is 34.1 Å². The smallest absolute Gasteiger partial charge is 0.137 e. The van der Waals surface area contributed by atoms with Gasteiger partial charge in [0, 0.05) is 13.1 Å². The Hall–Kier alpha value is -0.490. The van der Waals surface area contributed by atoms with Crippen LogP contribution in [0.25, 0.3) is 0 Å². The largest absolute Gasteiger partial charge is 0.395 e. The van der Waals surface area contributed by atoms with Gasteiger partial charge in [0.2, 0.25) is 0 Å². The van der Waals surface area contributed by atoms with Crippen molar-refractivity contribution < 1.29 is 14.2 Å². The molecular formula is C12H15BrFNO2. The SMILES string of the molecule is OCC1COCCN1Cc1ccc(F)c(Br)c1. The normalized spacial score (nSPS) is 21.7. The van der Waals surface area contributed by atoms with Gasteiger partial charge in [-0.25, -0.2) is 4.39 Å². The second kappa shape index (κ2) is 5.91. The third-order valence-corrected chi connectivity index (χ3v) is 3.54. The number of rotatable bonds is 3. The molecule has 1 heterocycles. The van der Waals surface area contributed by atoms with Crippen molar-refractivity contribution in [2.24, 2.45) is 0 Å². The van der Waals surface area contributed by atoms with E-state index in [1.807, 2.05) is 0 Å². The molecule has 0 aromatic heterocycles. The molecule has 3 nitrogen and oxygen atoms in total. The summed E-state index contributed by atoms with van der Waals surface area (Å²) in [5.74, 6) is -0.255. The highest BCUT2D eigenvalue weighted by atomic mass is 79.9. The molecule has 5 heteroatoms. The maximum absolute atomic E-state index is 13.1. The fraction of sp³-hybridized carbons (Fsp3) is 0.500. The lowest BCUT2D eigenvalue weighted by Crippen LogP contribution is -2.46. The molecule has 0 spiro atoms. The fourth-order valence-corrected chi connectivity index (χ4v) is 2.36. The second-order valence-electron chi connectivity index (χ2n) is 4.13. The molecule has 0 radical (unpaired) electrons. The summed E-state index contributed by atoms with van der Waals surface area (Å²) >= 11 is 3.18. The van der Waals surface area contributed by atoms with Gasteiger partial charge < -0.3 is 9.84 Å². The zero-order valence-electron chi connectivity index (χ0n) is 9.40. The van der Waals surface area contributed by atoms with Crippen LogP contribution in [-0.4, -0.2) is 42.4 Å². The summed E-state index contributed by atoms with van der Waals surface area (Å²) in [7, 11) is 0. The van der Waals surface area contributed by atoms with E-state index in [4.69, 9.17) is 4.74 Å². The molecule has 1 aromatic carbocycles. The summed E-state index contributed by atoms with van der Waals surface area (Å²) in [5, 5.41) is 9.25. The lowest BCUT2D eigenvalue weighted by Gasteiger charge is -2.34. The zero-order valence-corrected chi connectivity index (χ0v) is 11.0. The molecule has 1 aliphatic heterocycles. The van der Waals surface area contributed by atoms with Crippen LogP contribution in [0.2, 0.25) is 0 Å². The standard InChI is InChI=1S/C12H15BrFNO2/c13-11-5-9(1-2-12(11)14)6-15-3-4-17-8-10(15)7-16/h1-2,5,10,16H,3-4,6-8H2. The van der Waals surface area contributed by atoms with E-state index < -0.39 is 0 Å². The Morgan fingerprint density at radius 2 is 2.35 bits per heavy atom. The first kappa shape index (κ1) is 13.0. The van der Waals surface area contributed by atoms with Gasteiger partial charge in [0.05, 0.1) is 30.3 Å². The van der Waals surface area contributed by atoms with Crippen LogP contribution in [0, 0.1) is 5.82 Å². The number of nitrogens with zero attached hydrogens (tertiary/aromatic N) is 1. The first-order valence-corrected chi connectivity index (χ1v) is 6.36. The molecule has 0 saturated carbocycles. The van der Waals surface area contributed by atoms with Gasteiger partial charge in [-0.3, -0.25) is 4.90 Å². The molecule has 1 unspecified atom stereocenters. The average Bonchev–Trinajstić information content (AvgIpc) is 2.34. The topological polar surface area (TPSA) is 32.7 Å². The van der Waals surface area contributed by atoms with Crippen molar-refractivity contribution >= 4 is 15.9 Å². The van der Waals surface area contributed by atoms with Gasteiger partial charge in [-0.15, -0.1) is 0 Å². The molecule has 94 valence electrons. The number of aliphatic hydroxyl groups excluding tert-OH is 1. The summed E-state index contributed by atoms with van der Waals surface area (Å²) < 4.78 is 18.9. The van der Waals surface area contributed by atoms with Crippen LogP contribution in [0.15, 0.2) is 22.7 Å². The first-order chi connectivity index (χ1) is 8.20. The van der Waals surface area contributed by atoms with Crippen LogP contribution in [0.4, 0.5) is 4.39 Å². The van der Waals surface area contributed by atoms with E-state index in [2.05, 4.69) is 20.8 Å². The van der Waals surface area contributed by atoms with Crippen LogP contribution >= 0.6 is 15.9 Å². The average molecular weight is 304 g/mol. The highest BCUT2D eigenvalue weighted by Crippen LogP contribution is 2.19. The van der Waals surface area contributed by atoms with E-state index in [1.165, 1.54) is 6.07 Å². The molecule has 17 heavy (non-hydrogen) atoms. The lowest BCUT2D eigenvalue weighted by atomic mass is 10.1. The Labute approximate surface area is 108 Å². The quantitative estimate of drug-likeness (QED) is 0.924. The first-order valence-electron chi connectivity index (χ1n) is 5.57. The molecule has 1 aromatic rings. The highest BCUT2D eigenvalue weighted by molar-refractivity contribution is 9.10. The Kier molecular flexibility index (Phi) is 4.50. The molecule has 0 bridgehead atoms. The number of aliphatic hydroxyl groups is 1. The molecule has 0 amide bonds. The van der Waals surface area contributed by atoms with Crippen LogP contribution < -0.4 is 0 Å². The van der Waals surface area contributed by atoms with Crippen molar-refractivity contribution in [1.82, 2.24) is 4.90 Å². The maximum Gasteiger partial charge on any atom is 0.137 e. The number of morpholine rings is 1. The lowest BCUT2D eigenvalue weighted by molar-refractivity contribution is -0.0312. The van der Waals surface area contributed by atoms with E-state index >= 15 is 0 Å². The highest BCUT2D eigenvalue weighted by Gasteiger charge is 2.22.